The summed E-state index contributed by atoms with van der Waals surface area (Å²) in [6.07, 6.45) is 0. The van der Waals surface area contributed by atoms with Crippen LogP contribution in [0.1, 0.15) is 12.5 Å². The molecule has 0 saturated heterocycles. The predicted octanol–water partition coefficient (Wildman–Crippen LogP) is 3.03. The van der Waals surface area contributed by atoms with Gasteiger partial charge in [0, 0.05) is 10.6 Å². The van der Waals surface area contributed by atoms with Gasteiger partial charge in [-0.25, -0.2) is 13.1 Å². The van der Waals surface area contributed by atoms with E-state index in [1.165, 1.54) is 24.9 Å². The Balaban J connectivity index is 1.98. The van der Waals surface area contributed by atoms with Crippen molar-refractivity contribution < 1.29 is 17.9 Å². The molecule has 0 radical (unpaired) electrons. The van der Waals surface area contributed by atoms with Crippen molar-refractivity contribution in [3.63, 3.8) is 0 Å². The van der Waals surface area contributed by atoms with E-state index in [1.54, 1.807) is 19.1 Å². The fourth-order valence-electron chi connectivity index (χ4n) is 2.22. The molecule has 0 fully saturated rings. The van der Waals surface area contributed by atoms with Crippen LogP contribution in [-0.2, 0) is 14.8 Å². The van der Waals surface area contributed by atoms with Crippen LogP contribution < -0.4 is 14.8 Å². The van der Waals surface area contributed by atoms with Gasteiger partial charge in [0.05, 0.1) is 17.3 Å². The van der Waals surface area contributed by atoms with Gasteiger partial charge in [-0.3, -0.25) is 4.79 Å². The number of ether oxygens (including phenoxy) is 1. The molecule has 0 heterocycles. The molecule has 0 aliphatic heterocycles. The SMILES string of the molecule is CCOc1ccc(SCC(=O)Nc2ccc(C)c(S(=O)(=O)NC)c2)cc1. The van der Waals surface area contributed by atoms with Crippen molar-refractivity contribution in [3.8, 4) is 5.75 Å². The Morgan fingerprint density at radius 2 is 1.85 bits per heavy atom. The number of benzene rings is 2. The predicted molar refractivity (Wildman–Crippen MR) is 104 cm³/mol. The lowest BCUT2D eigenvalue weighted by Gasteiger charge is -2.10. The highest BCUT2D eigenvalue weighted by Crippen LogP contribution is 2.23. The van der Waals surface area contributed by atoms with Crippen LogP contribution in [0.2, 0.25) is 0 Å². The molecule has 0 spiro atoms. The summed E-state index contributed by atoms with van der Waals surface area (Å²) >= 11 is 1.39. The number of anilines is 1. The van der Waals surface area contributed by atoms with Crippen LogP contribution in [0.5, 0.6) is 5.75 Å². The lowest BCUT2D eigenvalue weighted by atomic mass is 10.2. The molecule has 0 unspecified atom stereocenters. The Morgan fingerprint density at radius 3 is 2.46 bits per heavy atom. The summed E-state index contributed by atoms with van der Waals surface area (Å²) in [5.41, 5.74) is 1.06. The first-order valence-electron chi connectivity index (χ1n) is 8.05. The van der Waals surface area contributed by atoms with Gasteiger partial charge in [0.15, 0.2) is 0 Å². The van der Waals surface area contributed by atoms with Crippen molar-refractivity contribution in [2.24, 2.45) is 0 Å². The van der Waals surface area contributed by atoms with Crippen molar-refractivity contribution in [1.29, 1.82) is 0 Å². The van der Waals surface area contributed by atoms with E-state index in [1.807, 2.05) is 31.2 Å². The molecule has 6 nitrogen and oxygen atoms in total. The van der Waals surface area contributed by atoms with Crippen LogP contribution in [0.15, 0.2) is 52.3 Å². The highest BCUT2D eigenvalue weighted by molar-refractivity contribution is 8.00. The second-order valence-corrected chi connectivity index (χ2v) is 8.33. The minimum absolute atomic E-state index is 0.150. The number of thioether (sulfide) groups is 1. The van der Waals surface area contributed by atoms with Crippen molar-refractivity contribution in [3.05, 3.63) is 48.0 Å². The minimum atomic E-state index is -3.57. The van der Waals surface area contributed by atoms with E-state index in [0.717, 1.165) is 10.6 Å². The van der Waals surface area contributed by atoms with Crippen LogP contribution in [0.4, 0.5) is 5.69 Å². The van der Waals surface area contributed by atoms with Gasteiger partial charge < -0.3 is 10.1 Å². The number of rotatable bonds is 8. The average molecular weight is 395 g/mol. The molecule has 8 heteroatoms. The van der Waals surface area contributed by atoms with E-state index in [-0.39, 0.29) is 16.6 Å². The van der Waals surface area contributed by atoms with Gasteiger partial charge in [0.1, 0.15) is 5.75 Å². The number of amides is 1. The molecule has 2 rings (SSSR count). The molecule has 2 aromatic rings. The second kappa shape index (κ2) is 9.07. The normalized spacial score (nSPS) is 11.2. The zero-order chi connectivity index (χ0) is 19.2. The van der Waals surface area contributed by atoms with Gasteiger partial charge in [-0.15, -0.1) is 11.8 Å². The van der Waals surface area contributed by atoms with E-state index in [2.05, 4.69) is 10.0 Å². The topological polar surface area (TPSA) is 84.5 Å². The van der Waals surface area contributed by atoms with Gasteiger partial charge in [-0.05, 0) is 62.9 Å². The Hall–Kier alpha value is -2.03. The van der Waals surface area contributed by atoms with E-state index >= 15 is 0 Å². The highest BCUT2D eigenvalue weighted by Gasteiger charge is 2.15. The van der Waals surface area contributed by atoms with Gasteiger partial charge in [-0.1, -0.05) is 6.07 Å². The molecule has 0 atom stereocenters. The van der Waals surface area contributed by atoms with Crippen molar-refractivity contribution in [1.82, 2.24) is 4.72 Å². The van der Waals surface area contributed by atoms with Gasteiger partial charge >= 0.3 is 0 Å². The lowest BCUT2D eigenvalue weighted by Crippen LogP contribution is -2.20. The molecule has 0 bridgehead atoms. The van der Waals surface area contributed by atoms with Crippen molar-refractivity contribution >= 4 is 33.4 Å². The Morgan fingerprint density at radius 1 is 1.15 bits per heavy atom. The second-order valence-electron chi connectivity index (χ2n) is 5.43. The number of sulfonamides is 1. The van der Waals surface area contributed by atoms with Crippen LogP contribution in [0.3, 0.4) is 0 Å². The zero-order valence-corrected chi connectivity index (χ0v) is 16.5. The van der Waals surface area contributed by atoms with Crippen LogP contribution >= 0.6 is 11.8 Å². The van der Waals surface area contributed by atoms with Crippen LogP contribution in [-0.4, -0.2) is 33.7 Å². The quantitative estimate of drug-likeness (QED) is 0.673. The fourth-order valence-corrected chi connectivity index (χ4v) is 3.91. The summed E-state index contributed by atoms with van der Waals surface area (Å²) in [7, 11) is -2.22. The largest absolute Gasteiger partial charge is 0.494 e. The van der Waals surface area contributed by atoms with Crippen molar-refractivity contribution in [2.75, 3.05) is 24.7 Å². The third-order valence-electron chi connectivity index (χ3n) is 3.53. The summed E-state index contributed by atoms with van der Waals surface area (Å²) < 4.78 is 31.7. The third kappa shape index (κ3) is 5.48. The highest BCUT2D eigenvalue weighted by atomic mass is 32.2. The van der Waals surface area contributed by atoms with Gasteiger partial charge in [0.2, 0.25) is 15.9 Å². The van der Waals surface area contributed by atoms with Crippen LogP contribution in [0.25, 0.3) is 0 Å². The number of aryl methyl sites for hydroxylation is 1. The average Bonchev–Trinajstić information content (AvgIpc) is 2.63. The maximum Gasteiger partial charge on any atom is 0.240 e. The third-order valence-corrected chi connectivity index (χ3v) is 6.10. The minimum Gasteiger partial charge on any atom is -0.494 e. The van der Waals surface area contributed by atoms with Gasteiger partial charge in [0.25, 0.3) is 0 Å². The number of carbonyl (C=O) groups is 1. The molecule has 2 N–H and O–H groups in total. The van der Waals surface area contributed by atoms with Crippen LogP contribution in [0, 0.1) is 6.92 Å². The van der Waals surface area contributed by atoms with E-state index in [0.29, 0.717) is 17.9 Å². The molecule has 0 aromatic heterocycles. The molecule has 0 saturated carbocycles. The Labute approximate surface area is 158 Å². The first-order chi connectivity index (χ1) is 12.4. The van der Waals surface area contributed by atoms with Crippen molar-refractivity contribution in [2.45, 2.75) is 23.6 Å². The van der Waals surface area contributed by atoms with Gasteiger partial charge in [-0.2, -0.15) is 0 Å². The first-order valence-corrected chi connectivity index (χ1v) is 10.5. The number of hydrogen-bond acceptors (Lipinski definition) is 5. The maximum atomic E-state index is 12.1. The summed E-state index contributed by atoms with van der Waals surface area (Å²) in [6.45, 7) is 4.24. The maximum absolute atomic E-state index is 12.1. The summed E-state index contributed by atoms with van der Waals surface area (Å²) in [4.78, 5) is 13.2. The number of hydrogen-bond donors (Lipinski definition) is 2. The fraction of sp³-hybridized carbons (Fsp3) is 0.278. The zero-order valence-electron chi connectivity index (χ0n) is 14.9. The summed E-state index contributed by atoms with van der Waals surface area (Å²) in [6, 6.07) is 12.3. The first kappa shape index (κ1) is 20.3. The van der Waals surface area contributed by atoms with E-state index in [9.17, 15) is 13.2 Å². The summed E-state index contributed by atoms with van der Waals surface area (Å²) in [5, 5.41) is 2.73. The Kier molecular flexibility index (Phi) is 7.07. The number of carbonyl (C=O) groups excluding carboxylic acids is 1. The molecule has 140 valence electrons. The smallest absolute Gasteiger partial charge is 0.240 e. The van der Waals surface area contributed by atoms with E-state index in [4.69, 9.17) is 4.74 Å². The Bertz CT molecular complexity index is 865. The standard InChI is InChI=1S/C18H22N2O4S2/c1-4-24-15-7-9-16(10-8-15)25-12-18(21)20-14-6-5-13(2)17(11-14)26(22,23)19-3/h5-11,19H,4,12H2,1-3H3,(H,20,21). The molecule has 0 aliphatic carbocycles. The summed E-state index contributed by atoms with van der Waals surface area (Å²) in [5.74, 6) is 0.801. The molecule has 1 amide bonds. The number of nitrogens with one attached hydrogen (secondary N) is 2. The molecular formula is C18H22N2O4S2. The lowest BCUT2D eigenvalue weighted by molar-refractivity contribution is -0.113. The molecular weight excluding hydrogens is 372 g/mol. The molecule has 26 heavy (non-hydrogen) atoms. The molecule has 2 aromatic carbocycles. The van der Waals surface area contributed by atoms with E-state index < -0.39 is 10.0 Å². The monoisotopic (exact) mass is 394 g/mol. The molecule has 0 aliphatic rings.